The Bertz CT molecular complexity index is 1010. The normalized spacial score (nSPS) is 13.5. The van der Waals surface area contributed by atoms with E-state index in [9.17, 15) is 9.90 Å². The Morgan fingerprint density at radius 2 is 1.94 bits per heavy atom. The molecule has 0 saturated heterocycles. The van der Waals surface area contributed by atoms with Gasteiger partial charge in [-0.2, -0.15) is 0 Å². The number of para-hydroxylation sites is 1. The molecule has 0 aliphatic rings. The summed E-state index contributed by atoms with van der Waals surface area (Å²) in [6, 6.07) is 13.3. The van der Waals surface area contributed by atoms with E-state index in [2.05, 4.69) is 36.4 Å². The number of hydrogen-bond donors (Lipinski definition) is 4. The summed E-state index contributed by atoms with van der Waals surface area (Å²) >= 11 is 6.02. The number of fused-ring (bicyclic) bond motifs is 1. The quantitative estimate of drug-likeness (QED) is 0.363. The van der Waals surface area contributed by atoms with Crippen molar-refractivity contribution in [3.8, 4) is 0 Å². The summed E-state index contributed by atoms with van der Waals surface area (Å²) in [7, 11) is 0. The summed E-state index contributed by atoms with van der Waals surface area (Å²) in [5.41, 5.74) is 3.48. The SMILES string of the molecule is CC(C)CCNC(=O)c1cccc2c(C[C@@H](C)NC[C@H](O)c3cccc(Cl)c3)c[nH]c12. The number of aromatic nitrogens is 1. The van der Waals surface area contributed by atoms with Crippen LogP contribution in [0.3, 0.4) is 0 Å². The number of nitrogens with one attached hydrogen (secondary N) is 3. The average molecular weight is 442 g/mol. The predicted octanol–water partition coefficient (Wildman–Crippen LogP) is 4.85. The molecule has 0 fully saturated rings. The number of aromatic amines is 1. The first-order chi connectivity index (χ1) is 14.8. The van der Waals surface area contributed by atoms with Crippen molar-refractivity contribution in [1.82, 2.24) is 15.6 Å². The summed E-state index contributed by atoms with van der Waals surface area (Å²) in [4.78, 5) is 15.9. The van der Waals surface area contributed by atoms with Gasteiger partial charge in [-0.15, -0.1) is 0 Å². The van der Waals surface area contributed by atoms with Gasteiger partial charge >= 0.3 is 0 Å². The highest BCUT2D eigenvalue weighted by Gasteiger charge is 2.16. The maximum atomic E-state index is 12.6. The smallest absolute Gasteiger partial charge is 0.253 e. The molecule has 3 aromatic rings. The van der Waals surface area contributed by atoms with Gasteiger partial charge in [-0.1, -0.05) is 49.7 Å². The van der Waals surface area contributed by atoms with E-state index in [4.69, 9.17) is 11.6 Å². The van der Waals surface area contributed by atoms with E-state index in [0.717, 1.165) is 34.9 Å². The third kappa shape index (κ3) is 6.33. The lowest BCUT2D eigenvalue weighted by Crippen LogP contribution is -2.32. The van der Waals surface area contributed by atoms with Crippen LogP contribution in [0.5, 0.6) is 0 Å². The van der Waals surface area contributed by atoms with Gasteiger partial charge in [0.2, 0.25) is 0 Å². The zero-order valence-electron chi connectivity index (χ0n) is 18.4. The Morgan fingerprint density at radius 1 is 1.16 bits per heavy atom. The summed E-state index contributed by atoms with van der Waals surface area (Å²) in [5.74, 6) is 0.509. The second kappa shape index (κ2) is 10.8. The minimum atomic E-state index is -0.620. The Morgan fingerprint density at radius 3 is 2.68 bits per heavy atom. The van der Waals surface area contributed by atoms with Crippen molar-refractivity contribution in [2.24, 2.45) is 5.92 Å². The molecule has 2 atom stereocenters. The largest absolute Gasteiger partial charge is 0.387 e. The molecule has 0 radical (unpaired) electrons. The van der Waals surface area contributed by atoms with Crippen LogP contribution in [0.2, 0.25) is 5.02 Å². The first-order valence-corrected chi connectivity index (χ1v) is 11.3. The van der Waals surface area contributed by atoms with Crippen LogP contribution in [0.1, 0.15) is 54.8 Å². The molecule has 0 spiro atoms. The second-order valence-electron chi connectivity index (χ2n) is 8.56. The predicted molar refractivity (Wildman–Crippen MR) is 128 cm³/mol. The van der Waals surface area contributed by atoms with Crippen LogP contribution < -0.4 is 10.6 Å². The third-order valence-electron chi connectivity index (χ3n) is 5.47. The molecule has 0 aliphatic heterocycles. The second-order valence-corrected chi connectivity index (χ2v) is 9.00. The van der Waals surface area contributed by atoms with Gasteiger partial charge in [0.15, 0.2) is 0 Å². The van der Waals surface area contributed by atoms with Crippen molar-refractivity contribution in [1.29, 1.82) is 0 Å². The van der Waals surface area contributed by atoms with Gasteiger partial charge in [-0.3, -0.25) is 4.79 Å². The van der Waals surface area contributed by atoms with Crippen LogP contribution in [-0.4, -0.2) is 35.1 Å². The fourth-order valence-corrected chi connectivity index (χ4v) is 3.89. The molecule has 5 nitrogen and oxygen atoms in total. The Kier molecular flexibility index (Phi) is 8.13. The molecule has 1 amide bonds. The molecular formula is C25H32ClN3O2. The molecule has 0 unspecified atom stereocenters. The van der Waals surface area contributed by atoms with Crippen molar-refractivity contribution >= 4 is 28.4 Å². The number of aliphatic hydroxyl groups excluding tert-OH is 1. The molecule has 166 valence electrons. The van der Waals surface area contributed by atoms with Gasteiger partial charge in [0.05, 0.1) is 17.2 Å². The average Bonchev–Trinajstić information content (AvgIpc) is 3.14. The van der Waals surface area contributed by atoms with Crippen LogP contribution in [0.4, 0.5) is 0 Å². The molecular weight excluding hydrogens is 410 g/mol. The number of amides is 1. The van der Waals surface area contributed by atoms with E-state index in [1.54, 1.807) is 12.1 Å². The van der Waals surface area contributed by atoms with Crippen LogP contribution in [0, 0.1) is 5.92 Å². The van der Waals surface area contributed by atoms with Crippen molar-refractivity contribution in [3.05, 3.63) is 70.4 Å². The third-order valence-corrected chi connectivity index (χ3v) is 5.71. The van der Waals surface area contributed by atoms with Crippen LogP contribution >= 0.6 is 11.6 Å². The van der Waals surface area contributed by atoms with E-state index in [-0.39, 0.29) is 11.9 Å². The Hall–Kier alpha value is -2.34. The molecule has 3 rings (SSSR count). The molecule has 0 bridgehead atoms. The van der Waals surface area contributed by atoms with Gasteiger partial charge in [0.1, 0.15) is 0 Å². The standard InChI is InChI=1S/C25H32ClN3O2/c1-16(2)10-11-27-25(31)22-9-5-8-21-19(14-29-24(21)22)12-17(3)28-15-23(30)18-6-4-7-20(26)13-18/h4-9,13-14,16-17,23,28-30H,10-12,15H2,1-3H3,(H,27,31)/t17-,23+/m1/s1. The molecule has 4 N–H and O–H groups in total. The van der Waals surface area contributed by atoms with Crippen LogP contribution in [0.15, 0.2) is 48.7 Å². The van der Waals surface area contributed by atoms with Crippen LogP contribution in [0.25, 0.3) is 10.9 Å². The zero-order chi connectivity index (χ0) is 22.4. The lowest BCUT2D eigenvalue weighted by atomic mass is 10.0. The Labute approximate surface area is 189 Å². The van der Waals surface area contributed by atoms with E-state index in [1.165, 1.54) is 0 Å². The highest BCUT2D eigenvalue weighted by Crippen LogP contribution is 2.23. The number of carbonyl (C=O) groups excluding carboxylic acids is 1. The maximum absolute atomic E-state index is 12.6. The monoisotopic (exact) mass is 441 g/mol. The molecule has 31 heavy (non-hydrogen) atoms. The number of carbonyl (C=O) groups is 1. The van der Waals surface area contributed by atoms with Crippen LogP contribution in [-0.2, 0) is 6.42 Å². The molecule has 2 aromatic carbocycles. The fourth-order valence-electron chi connectivity index (χ4n) is 3.69. The van der Waals surface area contributed by atoms with Gasteiger partial charge in [-0.25, -0.2) is 0 Å². The number of hydrogen-bond acceptors (Lipinski definition) is 3. The summed E-state index contributed by atoms with van der Waals surface area (Å²) < 4.78 is 0. The number of H-pyrrole nitrogens is 1. The summed E-state index contributed by atoms with van der Waals surface area (Å²) in [6.07, 6.45) is 3.09. The summed E-state index contributed by atoms with van der Waals surface area (Å²) in [6.45, 7) is 7.50. The summed E-state index contributed by atoms with van der Waals surface area (Å²) in [5, 5.41) is 18.5. The molecule has 0 aliphatic carbocycles. The van der Waals surface area contributed by atoms with E-state index in [0.29, 0.717) is 29.6 Å². The van der Waals surface area contributed by atoms with Crippen molar-refractivity contribution < 1.29 is 9.90 Å². The van der Waals surface area contributed by atoms with E-state index >= 15 is 0 Å². The van der Waals surface area contributed by atoms with Crippen molar-refractivity contribution in [2.45, 2.75) is 45.8 Å². The first-order valence-electron chi connectivity index (χ1n) is 10.9. The zero-order valence-corrected chi connectivity index (χ0v) is 19.2. The number of halogens is 1. The van der Waals surface area contributed by atoms with Gasteiger partial charge < -0.3 is 20.7 Å². The molecule has 1 aromatic heterocycles. The molecule has 0 saturated carbocycles. The lowest BCUT2D eigenvalue weighted by Gasteiger charge is -2.17. The highest BCUT2D eigenvalue weighted by atomic mass is 35.5. The molecule has 1 heterocycles. The number of benzene rings is 2. The number of rotatable bonds is 10. The van der Waals surface area contributed by atoms with Gasteiger partial charge in [0.25, 0.3) is 5.91 Å². The lowest BCUT2D eigenvalue weighted by molar-refractivity contribution is 0.0953. The first kappa shape index (κ1) is 23.3. The fraction of sp³-hybridized carbons (Fsp3) is 0.400. The highest BCUT2D eigenvalue weighted by molar-refractivity contribution is 6.30. The van der Waals surface area contributed by atoms with Gasteiger partial charge in [-0.05, 0) is 55.0 Å². The minimum absolute atomic E-state index is 0.0459. The Balaban J connectivity index is 1.62. The topological polar surface area (TPSA) is 77.2 Å². The van der Waals surface area contributed by atoms with Crippen molar-refractivity contribution in [2.75, 3.05) is 13.1 Å². The van der Waals surface area contributed by atoms with Gasteiger partial charge in [0, 0.05) is 35.7 Å². The maximum Gasteiger partial charge on any atom is 0.253 e. The number of aliphatic hydroxyl groups is 1. The molecule has 6 heteroatoms. The van der Waals surface area contributed by atoms with Crippen molar-refractivity contribution in [3.63, 3.8) is 0 Å². The van der Waals surface area contributed by atoms with E-state index < -0.39 is 6.10 Å². The van der Waals surface area contributed by atoms with E-state index in [1.807, 2.05) is 36.5 Å². The minimum Gasteiger partial charge on any atom is -0.387 e.